The predicted octanol–water partition coefficient (Wildman–Crippen LogP) is 2.07. The fourth-order valence-corrected chi connectivity index (χ4v) is 2.75. The molecule has 2 amide bonds. The Kier molecular flexibility index (Phi) is 3.85. The molecule has 2 aromatic rings. The highest BCUT2D eigenvalue weighted by molar-refractivity contribution is 6.33. The zero-order valence-electron chi connectivity index (χ0n) is 12.0. The summed E-state index contributed by atoms with van der Waals surface area (Å²) in [6.45, 7) is 0.328. The minimum atomic E-state index is -0.399. The number of benzene rings is 1. The summed E-state index contributed by atoms with van der Waals surface area (Å²) in [7, 11) is 1.77. The monoisotopic (exact) mass is 318 g/mol. The lowest BCUT2D eigenvalue weighted by molar-refractivity contribution is -0.122. The van der Waals surface area contributed by atoms with Gasteiger partial charge in [0.2, 0.25) is 11.8 Å². The maximum absolute atomic E-state index is 12.3. The molecule has 1 aromatic heterocycles. The first-order valence-electron chi connectivity index (χ1n) is 6.89. The summed E-state index contributed by atoms with van der Waals surface area (Å²) in [5.41, 5.74) is 1.27. The van der Waals surface area contributed by atoms with Crippen LogP contribution in [0.2, 0.25) is 5.02 Å². The molecular weight excluding hydrogens is 304 g/mol. The largest absolute Gasteiger partial charge is 0.323 e. The predicted molar refractivity (Wildman–Crippen MR) is 83.7 cm³/mol. The Morgan fingerprint density at radius 2 is 2.18 bits per heavy atom. The smallest absolute Gasteiger partial charge is 0.229 e. The third-order valence-corrected chi connectivity index (χ3v) is 3.93. The molecule has 2 heterocycles. The number of halogens is 1. The molecule has 1 aromatic carbocycles. The van der Waals surface area contributed by atoms with Crippen LogP contribution in [0.3, 0.4) is 0 Å². The summed E-state index contributed by atoms with van der Waals surface area (Å²) in [4.78, 5) is 26.0. The molecule has 7 heteroatoms. The summed E-state index contributed by atoms with van der Waals surface area (Å²) >= 11 is 6.12. The molecule has 114 valence electrons. The minimum absolute atomic E-state index is 0.0977. The lowest BCUT2D eigenvalue weighted by Crippen LogP contribution is -2.28. The minimum Gasteiger partial charge on any atom is -0.323 e. The summed E-state index contributed by atoms with van der Waals surface area (Å²) < 4.78 is 1.60. The Balaban J connectivity index is 1.71. The van der Waals surface area contributed by atoms with Crippen molar-refractivity contribution in [2.45, 2.75) is 6.42 Å². The highest BCUT2D eigenvalue weighted by Gasteiger charge is 2.35. The molecule has 1 N–H and O–H groups in total. The molecule has 1 atom stereocenters. The topological polar surface area (TPSA) is 67.2 Å². The molecule has 1 aliphatic heterocycles. The van der Waals surface area contributed by atoms with Gasteiger partial charge in [-0.3, -0.25) is 14.3 Å². The molecule has 0 aliphatic carbocycles. The number of nitrogens with zero attached hydrogens (tertiary/aromatic N) is 3. The maximum atomic E-state index is 12.3. The van der Waals surface area contributed by atoms with Crippen molar-refractivity contribution in [3.05, 3.63) is 41.7 Å². The van der Waals surface area contributed by atoms with Crippen LogP contribution in [0.15, 0.2) is 36.7 Å². The van der Waals surface area contributed by atoms with Gasteiger partial charge in [0, 0.05) is 26.2 Å². The van der Waals surface area contributed by atoms with E-state index in [-0.39, 0.29) is 18.2 Å². The van der Waals surface area contributed by atoms with Gasteiger partial charge in [0.15, 0.2) is 0 Å². The van der Waals surface area contributed by atoms with E-state index in [1.54, 1.807) is 47.2 Å². The number of carbonyl (C=O) groups excluding carboxylic acids is 2. The van der Waals surface area contributed by atoms with Gasteiger partial charge >= 0.3 is 0 Å². The van der Waals surface area contributed by atoms with Crippen LogP contribution in [0.1, 0.15) is 6.42 Å². The number of anilines is 2. The number of hydrogen-bond donors (Lipinski definition) is 1. The van der Waals surface area contributed by atoms with Gasteiger partial charge < -0.3 is 10.2 Å². The normalized spacial score (nSPS) is 17.8. The van der Waals surface area contributed by atoms with E-state index < -0.39 is 5.92 Å². The summed E-state index contributed by atoms with van der Waals surface area (Å²) in [6.07, 6.45) is 3.46. The molecule has 1 fully saturated rings. The second-order valence-corrected chi connectivity index (χ2v) is 5.66. The Bertz CT molecular complexity index is 728. The van der Waals surface area contributed by atoms with Gasteiger partial charge in [0.1, 0.15) is 0 Å². The summed E-state index contributed by atoms with van der Waals surface area (Å²) in [5, 5.41) is 7.27. The first-order chi connectivity index (χ1) is 10.5. The van der Waals surface area contributed by atoms with Crippen molar-refractivity contribution in [1.29, 1.82) is 0 Å². The standard InChI is InChI=1S/C15H15ClN4O2/c1-19-9-11(7-17-19)18-15(22)10-6-14(21)20(8-10)13-5-3-2-4-12(13)16/h2-5,7,9-10H,6,8H2,1H3,(H,18,22). The van der Waals surface area contributed by atoms with Gasteiger partial charge in [-0.1, -0.05) is 23.7 Å². The first-order valence-corrected chi connectivity index (χ1v) is 7.27. The van der Waals surface area contributed by atoms with E-state index >= 15 is 0 Å². The summed E-state index contributed by atoms with van der Waals surface area (Å²) in [6, 6.07) is 7.13. The number of nitrogens with one attached hydrogen (secondary N) is 1. The zero-order chi connectivity index (χ0) is 15.7. The Labute approximate surface area is 132 Å². The van der Waals surface area contributed by atoms with Crippen molar-refractivity contribution >= 4 is 34.8 Å². The average Bonchev–Trinajstić information content (AvgIpc) is 3.06. The molecule has 1 saturated heterocycles. The van der Waals surface area contributed by atoms with Crippen LogP contribution in [0, 0.1) is 5.92 Å². The van der Waals surface area contributed by atoms with E-state index in [9.17, 15) is 9.59 Å². The second kappa shape index (κ2) is 5.81. The molecule has 0 spiro atoms. The fourth-order valence-electron chi connectivity index (χ4n) is 2.52. The van der Waals surface area contributed by atoms with E-state index in [0.717, 1.165) is 0 Å². The third kappa shape index (κ3) is 2.82. The number of hydrogen-bond acceptors (Lipinski definition) is 3. The van der Waals surface area contributed by atoms with Crippen molar-refractivity contribution in [1.82, 2.24) is 9.78 Å². The van der Waals surface area contributed by atoms with Gasteiger partial charge in [0.05, 0.1) is 28.5 Å². The lowest BCUT2D eigenvalue weighted by Gasteiger charge is -2.17. The van der Waals surface area contributed by atoms with Crippen molar-refractivity contribution in [2.75, 3.05) is 16.8 Å². The van der Waals surface area contributed by atoms with Crippen LogP contribution in [0.25, 0.3) is 0 Å². The van der Waals surface area contributed by atoms with Crippen LogP contribution in [0.5, 0.6) is 0 Å². The zero-order valence-corrected chi connectivity index (χ0v) is 12.7. The molecule has 3 rings (SSSR count). The van der Waals surface area contributed by atoms with Crippen LogP contribution in [0.4, 0.5) is 11.4 Å². The molecule has 6 nitrogen and oxygen atoms in total. The van der Waals surface area contributed by atoms with Gasteiger partial charge in [0.25, 0.3) is 0 Å². The van der Waals surface area contributed by atoms with Crippen molar-refractivity contribution in [3.63, 3.8) is 0 Å². The fraction of sp³-hybridized carbons (Fsp3) is 0.267. The lowest BCUT2D eigenvalue weighted by atomic mass is 10.1. The molecule has 0 radical (unpaired) electrons. The number of rotatable bonds is 3. The quantitative estimate of drug-likeness (QED) is 0.942. The van der Waals surface area contributed by atoms with E-state index in [1.807, 2.05) is 6.07 Å². The van der Waals surface area contributed by atoms with Gasteiger partial charge in [-0.15, -0.1) is 0 Å². The highest BCUT2D eigenvalue weighted by atomic mass is 35.5. The first kappa shape index (κ1) is 14.6. The molecular formula is C15H15ClN4O2. The molecule has 1 aliphatic rings. The third-order valence-electron chi connectivity index (χ3n) is 3.61. The van der Waals surface area contributed by atoms with Gasteiger partial charge in [-0.25, -0.2) is 0 Å². The van der Waals surface area contributed by atoms with E-state index in [1.165, 1.54) is 0 Å². The van der Waals surface area contributed by atoms with Crippen LogP contribution in [-0.2, 0) is 16.6 Å². The molecule has 0 bridgehead atoms. The SMILES string of the molecule is Cn1cc(NC(=O)C2CC(=O)N(c3ccccc3Cl)C2)cn1. The molecule has 1 unspecified atom stereocenters. The Hall–Kier alpha value is -2.34. The van der Waals surface area contributed by atoms with E-state index in [4.69, 9.17) is 11.6 Å². The number of amides is 2. The van der Waals surface area contributed by atoms with E-state index in [2.05, 4.69) is 10.4 Å². The van der Waals surface area contributed by atoms with Crippen molar-refractivity contribution < 1.29 is 9.59 Å². The Morgan fingerprint density at radius 3 is 2.86 bits per heavy atom. The van der Waals surface area contributed by atoms with Crippen molar-refractivity contribution in [2.24, 2.45) is 13.0 Å². The average molecular weight is 319 g/mol. The molecule has 0 saturated carbocycles. The summed E-state index contributed by atoms with van der Waals surface area (Å²) in [5.74, 6) is -0.681. The molecule has 22 heavy (non-hydrogen) atoms. The van der Waals surface area contributed by atoms with Crippen LogP contribution < -0.4 is 10.2 Å². The number of para-hydroxylation sites is 1. The number of carbonyl (C=O) groups is 2. The van der Waals surface area contributed by atoms with Crippen LogP contribution >= 0.6 is 11.6 Å². The van der Waals surface area contributed by atoms with Crippen molar-refractivity contribution in [3.8, 4) is 0 Å². The number of aromatic nitrogens is 2. The van der Waals surface area contributed by atoms with Gasteiger partial charge in [-0.2, -0.15) is 5.10 Å². The maximum Gasteiger partial charge on any atom is 0.229 e. The van der Waals surface area contributed by atoms with Crippen LogP contribution in [-0.4, -0.2) is 28.1 Å². The van der Waals surface area contributed by atoms with Gasteiger partial charge in [-0.05, 0) is 12.1 Å². The Morgan fingerprint density at radius 1 is 1.41 bits per heavy atom. The second-order valence-electron chi connectivity index (χ2n) is 5.25. The number of aryl methyl sites for hydroxylation is 1. The van der Waals surface area contributed by atoms with E-state index in [0.29, 0.717) is 22.9 Å². The highest BCUT2D eigenvalue weighted by Crippen LogP contribution is 2.31.